The Morgan fingerprint density at radius 2 is 1.52 bits per heavy atom. The summed E-state index contributed by atoms with van der Waals surface area (Å²) in [6, 6.07) is 11.1. The lowest BCUT2D eigenvalue weighted by molar-refractivity contribution is -0.136. The van der Waals surface area contributed by atoms with Gasteiger partial charge in [-0.2, -0.15) is 4.31 Å². The standard InChI is InChI=1S/C21H23Cl2N3O4S/c22-16-12-17(23)14-18(13-16)25-21(28)20(27)24-9-8-15-4-6-19(7-5-15)31(29,30)26-10-2-1-3-11-26/h4-7,12-14H,1-3,8-11H2,(H,24,27)(H,25,28). The van der Waals surface area contributed by atoms with Crippen LogP contribution >= 0.6 is 23.2 Å². The van der Waals surface area contributed by atoms with Crippen molar-refractivity contribution in [2.45, 2.75) is 30.6 Å². The molecule has 7 nitrogen and oxygen atoms in total. The lowest BCUT2D eigenvalue weighted by Gasteiger charge is -2.25. The highest BCUT2D eigenvalue weighted by atomic mass is 35.5. The molecule has 1 saturated heterocycles. The average molecular weight is 484 g/mol. The van der Waals surface area contributed by atoms with Gasteiger partial charge in [0.1, 0.15) is 0 Å². The summed E-state index contributed by atoms with van der Waals surface area (Å²) in [5.74, 6) is -1.62. The van der Waals surface area contributed by atoms with Gasteiger partial charge in [-0.3, -0.25) is 9.59 Å². The molecule has 0 spiro atoms. The van der Waals surface area contributed by atoms with E-state index in [2.05, 4.69) is 10.6 Å². The fraction of sp³-hybridized carbons (Fsp3) is 0.333. The minimum atomic E-state index is -3.47. The highest BCUT2D eigenvalue weighted by molar-refractivity contribution is 7.89. The van der Waals surface area contributed by atoms with Crippen molar-refractivity contribution >= 4 is 50.7 Å². The highest BCUT2D eigenvalue weighted by Gasteiger charge is 2.25. The quantitative estimate of drug-likeness (QED) is 0.614. The monoisotopic (exact) mass is 483 g/mol. The topological polar surface area (TPSA) is 95.6 Å². The molecular weight excluding hydrogens is 461 g/mol. The number of amides is 2. The van der Waals surface area contributed by atoms with E-state index in [1.54, 1.807) is 24.3 Å². The zero-order valence-corrected chi connectivity index (χ0v) is 19.1. The zero-order chi connectivity index (χ0) is 22.4. The molecule has 0 aromatic heterocycles. The second-order valence-corrected chi connectivity index (χ2v) is 10.0. The molecule has 1 aliphatic heterocycles. The molecule has 2 amide bonds. The maximum absolute atomic E-state index is 12.7. The molecule has 31 heavy (non-hydrogen) atoms. The summed E-state index contributed by atoms with van der Waals surface area (Å²) in [7, 11) is -3.47. The average Bonchev–Trinajstić information content (AvgIpc) is 2.74. The van der Waals surface area contributed by atoms with Crippen molar-refractivity contribution in [2.24, 2.45) is 0 Å². The molecule has 0 radical (unpaired) electrons. The number of anilines is 1. The summed E-state index contributed by atoms with van der Waals surface area (Å²) in [5.41, 5.74) is 1.17. The summed E-state index contributed by atoms with van der Waals surface area (Å²) < 4.78 is 26.9. The number of nitrogens with zero attached hydrogens (tertiary/aromatic N) is 1. The smallest absolute Gasteiger partial charge is 0.313 e. The summed E-state index contributed by atoms with van der Waals surface area (Å²) in [6.45, 7) is 1.33. The summed E-state index contributed by atoms with van der Waals surface area (Å²) in [4.78, 5) is 24.3. The van der Waals surface area contributed by atoms with Crippen LogP contribution in [0.15, 0.2) is 47.4 Å². The normalized spacial score (nSPS) is 14.8. The van der Waals surface area contributed by atoms with Crippen molar-refractivity contribution in [3.63, 3.8) is 0 Å². The largest absolute Gasteiger partial charge is 0.347 e. The van der Waals surface area contributed by atoms with E-state index in [-0.39, 0.29) is 11.4 Å². The lowest BCUT2D eigenvalue weighted by Crippen LogP contribution is -2.36. The molecule has 2 N–H and O–H groups in total. The van der Waals surface area contributed by atoms with Crippen molar-refractivity contribution in [1.82, 2.24) is 9.62 Å². The third-order valence-corrected chi connectivity index (χ3v) is 7.25. The van der Waals surface area contributed by atoms with E-state index in [0.29, 0.717) is 35.2 Å². The minimum absolute atomic E-state index is 0.223. The zero-order valence-electron chi connectivity index (χ0n) is 16.7. The molecule has 3 rings (SSSR count). The lowest BCUT2D eigenvalue weighted by atomic mass is 10.1. The number of hydrogen-bond acceptors (Lipinski definition) is 4. The SMILES string of the molecule is O=C(NCCc1ccc(S(=O)(=O)N2CCCCC2)cc1)C(=O)Nc1cc(Cl)cc(Cl)c1. The van der Waals surface area contributed by atoms with Gasteiger partial charge in [-0.1, -0.05) is 41.8 Å². The van der Waals surface area contributed by atoms with Gasteiger partial charge in [0.2, 0.25) is 10.0 Å². The first-order valence-electron chi connectivity index (χ1n) is 9.90. The van der Waals surface area contributed by atoms with E-state index < -0.39 is 21.8 Å². The fourth-order valence-electron chi connectivity index (χ4n) is 3.30. The van der Waals surface area contributed by atoms with Gasteiger partial charge in [0.15, 0.2) is 0 Å². The Labute approximate surface area is 191 Å². The Kier molecular flexibility index (Phi) is 7.94. The van der Waals surface area contributed by atoms with E-state index in [4.69, 9.17) is 23.2 Å². The predicted molar refractivity (Wildman–Crippen MR) is 121 cm³/mol. The number of benzene rings is 2. The number of carbonyl (C=O) groups excluding carboxylic acids is 2. The van der Waals surface area contributed by atoms with Gasteiger partial charge in [-0.15, -0.1) is 0 Å². The van der Waals surface area contributed by atoms with Crippen LogP contribution in [-0.2, 0) is 26.0 Å². The number of rotatable bonds is 6. The van der Waals surface area contributed by atoms with Crippen LogP contribution in [-0.4, -0.2) is 44.2 Å². The highest BCUT2D eigenvalue weighted by Crippen LogP contribution is 2.23. The van der Waals surface area contributed by atoms with Crippen LogP contribution in [0.3, 0.4) is 0 Å². The first-order chi connectivity index (χ1) is 14.8. The third-order valence-electron chi connectivity index (χ3n) is 4.90. The molecule has 0 unspecified atom stereocenters. The van der Waals surface area contributed by atoms with Crippen molar-refractivity contribution in [2.75, 3.05) is 25.0 Å². The Morgan fingerprint density at radius 1 is 0.903 bits per heavy atom. The van der Waals surface area contributed by atoms with Crippen molar-refractivity contribution in [3.05, 3.63) is 58.1 Å². The molecule has 2 aromatic carbocycles. The van der Waals surface area contributed by atoms with Crippen LogP contribution < -0.4 is 10.6 Å². The van der Waals surface area contributed by atoms with Crippen LogP contribution in [0.4, 0.5) is 5.69 Å². The van der Waals surface area contributed by atoms with E-state index in [9.17, 15) is 18.0 Å². The van der Waals surface area contributed by atoms with Gasteiger partial charge in [0.25, 0.3) is 0 Å². The number of piperidine rings is 1. The number of nitrogens with one attached hydrogen (secondary N) is 2. The Balaban J connectivity index is 1.49. The van der Waals surface area contributed by atoms with Crippen LogP contribution in [0, 0.1) is 0 Å². The van der Waals surface area contributed by atoms with Crippen LogP contribution in [0.5, 0.6) is 0 Å². The van der Waals surface area contributed by atoms with Gasteiger partial charge in [0.05, 0.1) is 4.90 Å². The Hall–Kier alpha value is -2.13. The van der Waals surface area contributed by atoms with Crippen LogP contribution in [0.1, 0.15) is 24.8 Å². The maximum Gasteiger partial charge on any atom is 0.313 e. The van der Waals surface area contributed by atoms with Gasteiger partial charge in [-0.05, 0) is 55.2 Å². The predicted octanol–water partition coefficient (Wildman–Crippen LogP) is 3.47. The molecule has 0 aliphatic carbocycles. The van der Waals surface area contributed by atoms with Crippen molar-refractivity contribution < 1.29 is 18.0 Å². The number of sulfonamides is 1. The second kappa shape index (κ2) is 10.5. The molecule has 1 fully saturated rings. The molecular formula is C21H23Cl2N3O4S. The Morgan fingerprint density at radius 3 is 2.13 bits per heavy atom. The maximum atomic E-state index is 12.7. The molecule has 0 saturated carbocycles. The molecule has 2 aromatic rings. The van der Waals surface area contributed by atoms with Gasteiger partial charge >= 0.3 is 11.8 Å². The second-order valence-electron chi connectivity index (χ2n) is 7.23. The molecule has 1 aliphatic rings. The molecule has 0 atom stereocenters. The molecule has 1 heterocycles. The van der Waals surface area contributed by atoms with Crippen molar-refractivity contribution in [1.29, 1.82) is 0 Å². The Bertz CT molecular complexity index is 1030. The van der Waals surface area contributed by atoms with E-state index in [1.165, 1.54) is 22.5 Å². The van der Waals surface area contributed by atoms with Crippen LogP contribution in [0.2, 0.25) is 10.0 Å². The molecule has 166 valence electrons. The van der Waals surface area contributed by atoms with Gasteiger partial charge in [-0.25, -0.2) is 8.42 Å². The van der Waals surface area contributed by atoms with Crippen LogP contribution in [0.25, 0.3) is 0 Å². The first kappa shape index (κ1) is 23.5. The van der Waals surface area contributed by atoms with Gasteiger partial charge < -0.3 is 10.6 Å². The molecule has 10 heteroatoms. The summed E-state index contributed by atoms with van der Waals surface area (Å²) in [5, 5.41) is 5.65. The summed E-state index contributed by atoms with van der Waals surface area (Å²) in [6.07, 6.45) is 3.28. The number of hydrogen-bond donors (Lipinski definition) is 2. The third kappa shape index (κ3) is 6.43. The van der Waals surface area contributed by atoms with Gasteiger partial charge in [0, 0.05) is 35.4 Å². The number of carbonyl (C=O) groups is 2. The first-order valence-corrected chi connectivity index (χ1v) is 12.1. The fourth-order valence-corrected chi connectivity index (χ4v) is 5.34. The van der Waals surface area contributed by atoms with E-state index in [0.717, 1.165) is 24.8 Å². The van der Waals surface area contributed by atoms with E-state index in [1.807, 2.05) is 0 Å². The minimum Gasteiger partial charge on any atom is -0.347 e. The molecule has 0 bridgehead atoms. The van der Waals surface area contributed by atoms with Crippen molar-refractivity contribution in [3.8, 4) is 0 Å². The summed E-state index contributed by atoms with van der Waals surface area (Å²) >= 11 is 11.7. The van der Waals surface area contributed by atoms with E-state index >= 15 is 0 Å². The number of halogens is 2.